The van der Waals surface area contributed by atoms with Crippen molar-refractivity contribution in [2.24, 2.45) is 5.92 Å². The van der Waals surface area contributed by atoms with Gasteiger partial charge in [0.2, 0.25) is 5.91 Å². The number of hydrogen-bond acceptors (Lipinski definition) is 4. The van der Waals surface area contributed by atoms with E-state index in [1.54, 1.807) is 29.2 Å². The molecule has 1 aromatic rings. The van der Waals surface area contributed by atoms with Crippen molar-refractivity contribution in [3.05, 3.63) is 29.8 Å². The Morgan fingerprint density at radius 3 is 2.64 bits per heavy atom. The normalized spacial score (nSPS) is 27.6. The van der Waals surface area contributed by atoms with Crippen molar-refractivity contribution in [1.29, 1.82) is 0 Å². The van der Waals surface area contributed by atoms with Crippen molar-refractivity contribution in [3.63, 3.8) is 0 Å². The number of anilines is 1. The van der Waals surface area contributed by atoms with Crippen molar-refractivity contribution in [3.8, 4) is 0 Å². The molecule has 2 saturated heterocycles. The minimum atomic E-state index is -0.840. The van der Waals surface area contributed by atoms with Crippen LogP contribution in [0.1, 0.15) is 55.8 Å². The standard InChI is InChI=1S/C21H25N3O4/c1-14-7-9-21(10-8-14)19(27)24(20(28)22-21)13-17(25)15-4-2-5-16(12-15)23-11-3-6-18(23)26/h2,4-5,12,14H,3,6-11,13H2,1H3,(H,22,28). The number of urea groups is 1. The van der Waals surface area contributed by atoms with E-state index in [2.05, 4.69) is 12.2 Å². The Hall–Kier alpha value is -2.70. The second-order valence-electron chi connectivity index (χ2n) is 8.21. The van der Waals surface area contributed by atoms with E-state index in [9.17, 15) is 19.2 Å². The number of ketones is 1. The number of Topliss-reactive ketones (excluding diaryl/α,β-unsaturated/α-hetero) is 1. The lowest BCUT2D eigenvalue weighted by atomic mass is 9.77. The minimum Gasteiger partial charge on any atom is -0.323 e. The third-order valence-corrected chi connectivity index (χ3v) is 6.23. The van der Waals surface area contributed by atoms with Crippen molar-refractivity contribution >= 4 is 29.3 Å². The molecular weight excluding hydrogens is 358 g/mol. The first-order valence-corrected chi connectivity index (χ1v) is 9.97. The highest BCUT2D eigenvalue weighted by molar-refractivity contribution is 6.11. The molecule has 0 radical (unpaired) electrons. The zero-order chi connectivity index (χ0) is 19.9. The van der Waals surface area contributed by atoms with E-state index in [0.717, 1.165) is 24.2 Å². The Kier molecular flexibility index (Phi) is 4.69. The molecule has 7 heteroatoms. The molecule has 1 aliphatic carbocycles. The molecule has 1 spiro atoms. The van der Waals surface area contributed by atoms with Gasteiger partial charge in [-0.25, -0.2) is 4.79 Å². The molecule has 28 heavy (non-hydrogen) atoms. The Bertz CT molecular complexity index is 842. The van der Waals surface area contributed by atoms with E-state index in [1.807, 2.05) is 0 Å². The van der Waals surface area contributed by atoms with Gasteiger partial charge in [-0.3, -0.25) is 19.3 Å². The third kappa shape index (κ3) is 3.19. The number of amides is 4. The highest BCUT2D eigenvalue weighted by Crippen LogP contribution is 2.36. The molecule has 7 nitrogen and oxygen atoms in total. The lowest BCUT2D eigenvalue weighted by Gasteiger charge is -2.33. The smallest absolute Gasteiger partial charge is 0.323 e. The molecule has 2 heterocycles. The molecule has 1 saturated carbocycles. The Morgan fingerprint density at radius 2 is 1.96 bits per heavy atom. The van der Waals surface area contributed by atoms with E-state index in [0.29, 0.717) is 43.0 Å². The Balaban J connectivity index is 1.49. The van der Waals surface area contributed by atoms with E-state index in [1.165, 1.54) is 0 Å². The fraction of sp³-hybridized carbons (Fsp3) is 0.524. The van der Waals surface area contributed by atoms with Crippen LogP contribution in [-0.4, -0.2) is 47.2 Å². The van der Waals surface area contributed by atoms with E-state index < -0.39 is 11.6 Å². The highest BCUT2D eigenvalue weighted by Gasteiger charge is 2.52. The monoisotopic (exact) mass is 383 g/mol. The van der Waals surface area contributed by atoms with Gasteiger partial charge < -0.3 is 10.2 Å². The average Bonchev–Trinajstić information content (AvgIpc) is 3.21. The van der Waals surface area contributed by atoms with Crippen LogP contribution >= 0.6 is 0 Å². The van der Waals surface area contributed by atoms with E-state index >= 15 is 0 Å². The number of benzene rings is 1. The van der Waals surface area contributed by atoms with Crippen LogP contribution in [-0.2, 0) is 9.59 Å². The van der Waals surface area contributed by atoms with Crippen LogP contribution in [0.2, 0.25) is 0 Å². The number of carbonyl (C=O) groups excluding carboxylic acids is 4. The zero-order valence-corrected chi connectivity index (χ0v) is 16.1. The summed E-state index contributed by atoms with van der Waals surface area (Å²) >= 11 is 0. The molecular formula is C21H25N3O4. The molecule has 0 aromatic heterocycles. The van der Waals surface area contributed by atoms with Gasteiger partial charge in [-0.1, -0.05) is 19.1 Å². The summed E-state index contributed by atoms with van der Waals surface area (Å²) in [6.45, 7) is 2.51. The number of rotatable bonds is 4. The first kappa shape index (κ1) is 18.7. The summed E-state index contributed by atoms with van der Waals surface area (Å²) in [6.07, 6.45) is 4.34. The van der Waals surface area contributed by atoms with Crippen LogP contribution in [0.25, 0.3) is 0 Å². The summed E-state index contributed by atoms with van der Waals surface area (Å²) in [5, 5.41) is 2.84. The quantitative estimate of drug-likeness (QED) is 0.639. The summed E-state index contributed by atoms with van der Waals surface area (Å²) in [6, 6.07) is 6.36. The molecule has 0 unspecified atom stereocenters. The zero-order valence-electron chi connectivity index (χ0n) is 16.1. The predicted molar refractivity (Wildman–Crippen MR) is 103 cm³/mol. The van der Waals surface area contributed by atoms with Crippen molar-refractivity contribution in [2.75, 3.05) is 18.0 Å². The van der Waals surface area contributed by atoms with Gasteiger partial charge in [0, 0.05) is 24.2 Å². The average molecular weight is 383 g/mol. The number of imide groups is 1. The highest BCUT2D eigenvalue weighted by atomic mass is 16.2. The molecule has 4 amide bonds. The van der Waals surface area contributed by atoms with Crippen molar-refractivity contribution < 1.29 is 19.2 Å². The van der Waals surface area contributed by atoms with Crippen molar-refractivity contribution in [1.82, 2.24) is 10.2 Å². The van der Waals surface area contributed by atoms with Gasteiger partial charge >= 0.3 is 6.03 Å². The molecule has 3 fully saturated rings. The minimum absolute atomic E-state index is 0.0483. The van der Waals surface area contributed by atoms with E-state index in [4.69, 9.17) is 0 Å². The summed E-state index contributed by atoms with van der Waals surface area (Å²) < 4.78 is 0. The van der Waals surface area contributed by atoms with Gasteiger partial charge in [0.05, 0.1) is 6.54 Å². The van der Waals surface area contributed by atoms with Gasteiger partial charge in [0.15, 0.2) is 5.78 Å². The van der Waals surface area contributed by atoms with Crippen LogP contribution in [0.4, 0.5) is 10.5 Å². The third-order valence-electron chi connectivity index (χ3n) is 6.23. The van der Waals surface area contributed by atoms with Gasteiger partial charge in [-0.2, -0.15) is 0 Å². The fourth-order valence-electron chi connectivity index (χ4n) is 4.42. The van der Waals surface area contributed by atoms with E-state index in [-0.39, 0.29) is 24.1 Å². The van der Waals surface area contributed by atoms with Crippen LogP contribution in [0.5, 0.6) is 0 Å². The maximum Gasteiger partial charge on any atom is 0.325 e. The summed E-state index contributed by atoms with van der Waals surface area (Å²) in [7, 11) is 0. The first-order chi connectivity index (χ1) is 13.4. The largest absolute Gasteiger partial charge is 0.325 e. The molecule has 0 bridgehead atoms. The second-order valence-corrected chi connectivity index (χ2v) is 8.21. The molecule has 148 valence electrons. The first-order valence-electron chi connectivity index (χ1n) is 9.97. The molecule has 2 aliphatic heterocycles. The van der Waals surface area contributed by atoms with Gasteiger partial charge in [-0.15, -0.1) is 0 Å². The van der Waals surface area contributed by atoms with Crippen LogP contribution in [0.15, 0.2) is 24.3 Å². The van der Waals surface area contributed by atoms with Gasteiger partial charge in [0.1, 0.15) is 5.54 Å². The molecule has 1 N–H and O–H groups in total. The fourth-order valence-corrected chi connectivity index (χ4v) is 4.42. The molecule has 0 atom stereocenters. The van der Waals surface area contributed by atoms with Gasteiger partial charge in [0.25, 0.3) is 5.91 Å². The number of hydrogen-bond donors (Lipinski definition) is 1. The number of nitrogens with one attached hydrogen (secondary N) is 1. The summed E-state index contributed by atoms with van der Waals surface area (Å²) in [5.41, 5.74) is 0.243. The summed E-state index contributed by atoms with van der Waals surface area (Å²) in [5.74, 6) is -0.00365. The number of carbonyl (C=O) groups is 4. The van der Waals surface area contributed by atoms with Crippen molar-refractivity contribution in [2.45, 2.75) is 51.0 Å². The van der Waals surface area contributed by atoms with Crippen LogP contribution in [0.3, 0.4) is 0 Å². The second kappa shape index (κ2) is 7.04. The molecule has 1 aromatic carbocycles. The lowest BCUT2D eigenvalue weighted by Crippen LogP contribution is -2.49. The number of nitrogens with zero attached hydrogens (tertiary/aromatic N) is 2. The maximum absolute atomic E-state index is 12.9. The SMILES string of the molecule is CC1CCC2(CC1)NC(=O)N(CC(=O)c1cccc(N3CCCC3=O)c1)C2=O. The van der Waals surface area contributed by atoms with Crippen LogP contribution < -0.4 is 10.2 Å². The summed E-state index contributed by atoms with van der Waals surface area (Å²) in [4.78, 5) is 52.8. The molecule has 3 aliphatic rings. The predicted octanol–water partition coefficient (Wildman–Crippen LogP) is 2.50. The lowest BCUT2D eigenvalue weighted by molar-refractivity contribution is -0.132. The Morgan fingerprint density at radius 1 is 1.21 bits per heavy atom. The van der Waals surface area contributed by atoms with Gasteiger partial charge in [-0.05, 0) is 50.2 Å². The maximum atomic E-state index is 12.9. The molecule has 4 rings (SSSR count). The Labute approximate surface area is 164 Å². The topological polar surface area (TPSA) is 86.8 Å². The van der Waals surface area contributed by atoms with Crippen LogP contribution in [0, 0.1) is 5.92 Å².